The van der Waals surface area contributed by atoms with Gasteiger partial charge in [-0.1, -0.05) is 60.3 Å². The molecule has 4 aromatic rings. The second kappa shape index (κ2) is 8.00. The highest BCUT2D eigenvalue weighted by molar-refractivity contribution is 8.00. The highest BCUT2D eigenvalue weighted by Gasteiger charge is 2.41. The van der Waals surface area contributed by atoms with Gasteiger partial charge in [0.1, 0.15) is 5.44 Å². The van der Waals surface area contributed by atoms with Crippen molar-refractivity contribution in [1.29, 1.82) is 0 Å². The molecule has 0 amide bonds. The third-order valence-corrected chi connectivity index (χ3v) is 7.76. The quantitative estimate of drug-likeness (QED) is 0.463. The van der Waals surface area contributed by atoms with Crippen LogP contribution in [0, 0.1) is 0 Å². The van der Waals surface area contributed by atoms with Gasteiger partial charge in [-0.2, -0.15) is 0 Å². The van der Waals surface area contributed by atoms with E-state index in [1.807, 2.05) is 35.7 Å². The molecule has 0 aliphatic carbocycles. The molecule has 2 atom stereocenters. The van der Waals surface area contributed by atoms with Crippen molar-refractivity contribution >= 4 is 39.8 Å². The van der Waals surface area contributed by atoms with Gasteiger partial charge in [0.05, 0.1) is 5.03 Å². The molecule has 2 aromatic heterocycles. The molecule has 1 N–H and O–H groups in total. The molecular weight excluding hydrogens is 430 g/mol. The SMILES string of the molecule is CO[C@H]1Sc2c(-c3cccs3)c(Cc3cccc4ccccc34)cc(=O)n2[C@@H]1C(=O)O. The Hall–Kier alpha value is -2.87. The lowest BCUT2D eigenvalue weighted by atomic mass is 9.96. The summed E-state index contributed by atoms with van der Waals surface area (Å²) in [5.41, 5.74) is 1.96. The van der Waals surface area contributed by atoms with Crippen molar-refractivity contribution in [1.82, 2.24) is 4.57 Å². The van der Waals surface area contributed by atoms with Gasteiger partial charge in [-0.25, -0.2) is 4.79 Å². The Bertz CT molecular complexity index is 1340. The van der Waals surface area contributed by atoms with Gasteiger partial charge >= 0.3 is 5.97 Å². The van der Waals surface area contributed by atoms with Gasteiger partial charge in [-0.05, 0) is 39.8 Å². The fourth-order valence-corrected chi connectivity index (χ4v) is 6.43. The summed E-state index contributed by atoms with van der Waals surface area (Å²) in [7, 11) is 1.48. The summed E-state index contributed by atoms with van der Waals surface area (Å²) in [5.74, 6) is -1.07. The number of ether oxygens (including phenoxy) is 1. The zero-order valence-corrected chi connectivity index (χ0v) is 18.3. The molecule has 1 aliphatic heterocycles. The van der Waals surface area contributed by atoms with Gasteiger partial charge in [-0.15, -0.1) is 11.3 Å². The van der Waals surface area contributed by atoms with E-state index in [0.717, 1.165) is 32.3 Å². The van der Waals surface area contributed by atoms with Gasteiger partial charge in [0.2, 0.25) is 0 Å². The first-order valence-electron chi connectivity index (χ1n) is 9.79. The Morgan fingerprint density at radius 3 is 2.65 bits per heavy atom. The molecule has 0 bridgehead atoms. The van der Waals surface area contributed by atoms with Crippen molar-refractivity contribution in [3.05, 3.63) is 87.5 Å². The van der Waals surface area contributed by atoms with Crippen LogP contribution in [0.1, 0.15) is 17.2 Å². The molecule has 0 saturated heterocycles. The van der Waals surface area contributed by atoms with E-state index in [4.69, 9.17) is 4.74 Å². The summed E-state index contributed by atoms with van der Waals surface area (Å²) in [6.45, 7) is 0. The molecule has 156 valence electrons. The highest BCUT2D eigenvalue weighted by atomic mass is 32.2. The molecule has 5 rings (SSSR count). The van der Waals surface area contributed by atoms with Crippen LogP contribution >= 0.6 is 23.1 Å². The molecular formula is C24H19NO4S2. The highest BCUT2D eigenvalue weighted by Crippen LogP contribution is 2.46. The van der Waals surface area contributed by atoms with Crippen LogP contribution in [0.15, 0.2) is 75.9 Å². The number of hydrogen-bond donors (Lipinski definition) is 1. The maximum absolute atomic E-state index is 13.1. The Morgan fingerprint density at radius 1 is 1.10 bits per heavy atom. The smallest absolute Gasteiger partial charge is 0.330 e. The van der Waals surface area contributed by atoms with E-state index in [1.54, 1.807) is 17.4 Å². The second-order valence-electron chi connectivity index (χ2n) is 7.36. The van der Waals surface area contributed by atoms with Crippen LogP contribution in [0.5, 0.6) is 0 Å². The predicted molar refractivity (Wildman–Crippen MR) is 124 cm³/mol. The van der Waals surface area contributed by atoms with Gasteiger partial charge in [0.25, 0.3) is 5.56 Å². The lowest BCUT2D eigenvalue weighted by Crippen LogP contribution is -2.33. The molecule has 0 fully saturated rings. The average molecular weight is 450 g/mol. The van der Waals surface area contributed by atoms with E-state index in [1.165, 1.54) is 23.4 Å². The van der Waals surface area contributed by atoms with Crippen LogP contribution in [0.2, 0.25) is 0 Å². The molecule has 0 unspecified atom stereocenters. The molecule has 0 radical (unpaired) electrons. The number of methoxy groups -OCH3 is 1. The summed E-state index contributed by atoms with van der Waals surface area (Å²) < 4.78 is 6.81. The number of carbonyl (C=O) groups is 1. The number of pyridine rings is 1. The first kappa shape index (κ1) is 20.1. The van der Waals surface area contributed by atoms with Crippen molar-refractivity contribution in [3.63, 3.8) is 0 Å². The second-order valence-corrected chi connectivity index (χ2v) is 9.39. The predicted octanol–water partition coefficient (Wildman–Crippen LogP) is 5.02. The molecule has 1 aliphatic rings. The summed E-state index contributed by atoms with van der Waals surface area (Å²) >= 11 is 2.88. The van der Waals surface area contributed by atoms with Crippen molar-refractivity contribution < 1.29 is 14.6 Å². The maximum atomic E-state index is 13.1. The Labute approximate surface area is 186 Å². The Kier molecular flexibility index (Phi) is 5.17. The van der Waals surface area contributed by atoms with Crippen LogP contribution in [0.3, 0.4) is 0 Å². The van der Waals surface area contributed by atoms with Crippen molar-refractivity contribution in [2.75, 3.05) is 7.11 Å². The normalized spacial score (nSPS) is 17.7. The minimum atomic E-state index is -1.07. The number of rotatable bonds is 5. The number of nitrogens with zero attached hydrogens (tertiary/aromatic N) is 1. The Morgan fingerprint density at radius 2 is 1.90 bits per heavy atom. The minimum Gasteiger partial charge on any atom is -0.480 e. The number of hydrogen-bond acceptors (Lipinski definition) is 5. The van der Waals surface area contributed by atoms with Crippen LogP contribution in [0.4, 0.5) is 0 Å². The van der Waals surface area contributed by atoms with Crippen LogP contribution < -0.4 is 5.56 Å². The molecule has 3 heterocycles. The number of aromatic nitrogens is 1. The van der Waals surface area contributed by atoms with E-state index in [0.29, 0.717) is 11.4 Å². The van der Waals surface area contributed by atoms with Crippen molar-refractivity contribution in [2.24, 2.45) is 0 Å². The fraction of sp³-hybridized carbons (Fsp3) is 0.167. The van der Waals surface area contributed by atoms with Crippen LogP contribution in [-0.2, 0) is 16.0 Å². The first-order valence-corrected chi connectivity index (χ1v) is 11.6. The third-order valence-electron chi connectivity index (χ3n) is 5.57. The first-order chi connectivity index (χ1) is 15.1. The lowest BCUT2D eigenvalue weighted by molar-refractivity contribution is -0.143. The zero-order chi connectivity index (χ0) is 21.5. The number of carboxylic acids is 1. The standard InChI is InChI=1S/C24H19NO4S2/c1-29-24-21(23(27)28)25-19(26)13-16(20(22(25)31-24)18-10-5-11-30-18)12-15-8-4-7-14-6-2-3-9-17(14)15/h2-11,13,21,24H,12H2,1H3,(H,27,28)/t21-,24+/m1/s1. The third kappa shape index (κ3) is 3.39. The summed E-state index contributed by atoms with van der Waals surface area (Å²) in [6, 6.07) is 18.9. The van der Waals surface area contributed by atoms with Crippen molar-refractivity contribution in [3.8, 4) is 10.4 Å². The molecule has 2 aromatic carbocycles. The monoisotopic (exact) mass is 449 g/mol. The topological polar surface area (TPSA) is 68.5 Å². The van der Waals surface area contributed by atoms with Crippen molar-refractivity contribution in [2.45, 2.75) is 22.9 Å². The van der Waals surface area contributed by atoms with E-state index in [2.05, 4.69) is 24.3 Å². The van der Waals surface area contributed by atoms with E-state index in [-0.39, 0.29) is 5.56 Å². The van der Waals surface area contributed by atoms with Gasteiger partial charge < -0.3 is 9.84 Å². The number of fused-ring (bicyclic) bond motifs is 2. The molecule has 7 heteroatoms. The fourth-order valence-electron chi connectivity index (χ4n) is 4.20. The summed E-state index contributed by atoms with van der Waals surface area (Å²) in [5, 5.41) is 14.7. The lowest BCUT2D eigenvalue weighted by Gasteiger charge is -2.17. The van der Waals surface area contributed by atoms with Gasteiger partial charge in [0.15, 0.2) is 6.04 Å². The number of aliphatic carboxylic acids is 1. The van der Waals surface area contributed by atoms with Crippen LogP contribution in [-0.4, -0.2) is 28.2 Å². The van der Waals surface area contributed by atoms with Gasteiger partial charge in [-0.3, -0.25) is 9.36 Å². The zero-order valence-electron chi connectivity index (χ0n) is 16.6. The molecule has 5 nitrogen and oxygen atoms in total. The van der Waals surface area contributed by atoms with Gasteiger partial charge in [0, 0.05) is 23.6 Å². The number of thiophene rings is 1. The average Bonchev–Trinajstić information content (AvgIpc) is 3.42. The minimum absolute atomic E-state index is 0.315. The molecule has 31 heavy (non-hydrogen) atoms. The number of benzene rings is 2. The summed E-state index contributed by atoms with van der Waals surface area (Å²) in [4.78, 5) is 26.1. The van der Waals surface area contributed by atoms with Crippen LogP contribution in [0.25, 0.3) is 21.2 Å². The summed E-state index contributed by atoms with van der Waals surface area (Å²) in [6.07, 6.45) is 0.577. The number of thioether (sulfide) groups is 1. The van der Waals surface area contributed by atoms with E-state index < -0.39 is 17.4 Å². The maximum Gasteiger partial charge on any atom is 0.330 e. The molecule has 0 saturated carbocycles. The molecule has 0 spiro atoms. The van der Waals surface area contributed by atoms with E-state index >= 15 is 0 Å². The van der Waals surface area contributed by atoms with E-state index in [9.17, 15) is 14.7 Å². The number of carboxylic acid groups (broad SMARTS) is 1. The Balaban J connectivity index is 1.73. The largest absolute Gasteiger partial charge is 0.480 e.